The molecule has 0 N–H and O–H groups in total. The topological polar surface area (TPSA) is 16.1 Å². The van der Waals surface area contributed by atoms with Gasteiger partial charge in [0.05, 0.1) is 5.69 Å². The summed E-state index contributed by atoms with van der Waals surface area (Å²) in [4.78, 5) is 7.06. The average Bonchev–Trinajstić information content (AvgIpc) is 2.34. The predicted octanol–water partition coefficient (Wildman–Crippen LogP) is 4.17. The number of hydrogen-bond donors (Lipinski definition) is 0. The molecule has 17 heavy (non-hydrogen) atoms. The SMILES string of the molecule is CCC1(C)CCN(c2ccc(Br)c(C)n2)CC1. The summed E-state index contributed by atoms with van der Waals surface area (Å²) in [6.07, 6.45) is 3.84. The largest absolute Gasteiger partial charge is 0.357 e. The summed E-state index contributed by atoms with van der Waals surface area (Å²) < 4.78 is 1.09. The summed E-state index contributed by atoms with van der Waals surface area (Å²) in [5.74, 6) is 1.13. The molecule has 1 aromatic heterocycles. The minimum Gasteiger partial charge on any atom is -0.357 e. The first-order valence-electron chi connectivity index (χ1n) is 6.42. The van der Waals surface area contributed by atoms with Crippen molar-refractivity contribution in [3.05, 3.63) is 22.3 Å². The fourth-order valence-electron chi connectivity index (χ4n) is 2.34. The number of pyridine rings is 1. The summed E-state index contributed by atoms with van der Waals surface area (Å²) in [6.45, 7) is 9.03. The van der Waals surface area contributed by atoms with E-state index in [0.29, 0.717) is 5.41 Å². The van der Waals surface area contributed by atoms with E-state index in [9.17, 15) is 0 Å². The van der Waals surface area contributed by atoms with E-state index in [-0.39, 0.29) is 0 Å². The molecule has 2 heterocycles. The molecule has 0 radical (unpaired) electrons. The Morgan fingerprint density at radius 1 is 1.35 bits per heavy atom. The van der Waals surface area contributed by atoms with Crippen LogP contribution in [-0.2, 0) is 0 Å². The number of rotatable bonds is 2. The smallest absolute Gasteiger partial charge is 0.128 e. The molecule has 0 bridgehead atoms. The van der Waals surface area contributed by atoms with Crippen molar-refractivity contribution >= 4 is 21.7 Å². The van der Waals surface area contributed by atoms with Gasteiger partial charge in [-0.15, -0.1) is 0 Å². The second-order valence-electron chi connectivity index (χ2n) is 5.39. The summed E-state index contributed by atoms with van der Waals surface area (Å²) >= 11 is 3.50. The highest BCUT2D eigenvalue weighted by atomic mass is 79.9. The zero-order valence-corrected chi connectivity index (χ0v) is 12.5. The molecule has 2 nitrogen and oxygen atoms in total. The molecule has 1 aliphatic heterocycles. The second-order valence-corrected chi connectivity index (χ2v) is 6.24. The van der Waals surface area contributed by atoms with Crippen LogP contribution in [0.3, 0.4) is 0 Å². The molecule has 0 amide bonds. The van der Waals surface area contributed by atoms with Gasteiger partial charge in [0, 0.05) is 17.6 Å². The van der Waals surface area contributed by atoms with Crippen LogP contribution in [0.25, 0.3) is 0 Å². The summed E-state index contributed by atoms with van der Waals surface area (Å²) in [7, 11) is 0. The maximum absolute atomic E-state index is 4.65. The lowest BCUT2D eigenvalue weighted by atomic mass is 9.78. The van der Waals surface area contributed by atoms with Gasteiger partial charge in [-0.05, 0) is 53.2 Å². The Morgan fingerprint density at radius 3 is 2.53 bits per heavy atom. The minimum absolute atomic E-state index is 0.543. The Labute approximate surface area is 113 Å². The lowest BCUT2D eigenvalue weighted by Crippen LogP contribution is -2.38. The molecular weight excluding hydrogens is 276 g/mol. The monoisotopic (exact) mass is 296 g/mol. The van der Waals surface area contributed by atoms with E-state index in [1.807, 2.05) is 6.92 Å². The molecule has 0 atom stereocenters. The van der Waals surface area contributed by atoms with E-state index in [1.54, 1.807) is 0 Å². The highest BCUT2D eigenvalue weighted by Crippen LogP contribution is 2.35. The van der Waals surface area contributed by atoms with Gasteiger partial charge in [0.15, 0.2) is 0 Å². The van der Waals surface area contributed by atoms with Crippen molar-refractivity contribution < 1.29 is 0 Å². The second kappa shape index (κ2) is 4.97. The zero-order chi connectivity index (χ0) is 12.5. The molecule has 0 aromatic carbocycles. The van der Waals surface area contributed by atoms with E-state index in [1.165, 1.54) is 19.3 Å². The molecule has 1 saturated heterocycles. The van der Waals surface area contributed by atoms with Gasteiger partial charge in [-0.3, -0.25) is 0 Å². The first-order valence-corrected chi connectivity index (χ1v) is 7.21. The Balaban J connectivity index is 2.08. The molecule has 2 rings (SSSR count). The van der Waals surface area contributed by atoms with E-state index in [0.717, 1.165) is 29.1 Å². The van der Waals surface area contributed by atoms with E-state index >= 15 is 0 Å². The number of anilines is 1. The van der Waals surface area contributed by atoms with Crippen molar-refractivity contribution in [2.45, 2.75) is 40.0 Å². The van der Waals surface area contributed by atoms with Crippen molar-refractivity contribution in [1.82, 2.24) is 4.98 Å². The van der Waals surface area contributed by atoms with Crippen LogP contribution in [0.4, 0.5) is 5.82 Å². The summed E-state index contributed by atoms with van der Waals surface area (Å²) in [5, 5.41) is 0. The molecule has 1 aliphatic rings. The minimum atomic E-state index is 0.543. The Kier molecular flexibility index (Phi) is 3.76. The standard InChI is InChI=1S/C14H21BrN2/c1-4-14(3)7-9-17(10-8-14)13-6-5-12(15)11(2)16-13/h5-6H,4,7-10H2,1-3H3. The molecular formula is C14H21BrN2. The molecule has 1 fully saturated rings. The van der Waals surface area contributed by atoms with E-state index in [4.69, 9.17) is 0 Å². The van der Waals surface area contributed by atoms with Crippen LogP contribution in [0.2, 0.25) is 0 Å². The van der Waals surface area contributed by atoms with Crippen molar-refractivity contribution in [3.63, 3.8) is 0 Å². The third-order valence-corrected chi connectivity index (χ3v) is 4.99. The van der Waals surface area contributed by atoms with Crippen LogP contribution in [0.15, 0.2) is 16.6 Å². The van der Waals surface area contributed by atoms with Crippen LogP contribution in [-0.4, -0.2) is 18.1 Å². The predicted molar refractivity (Wildman–Crippen MR) is 76.5 cm³/mol. The number of hydrogen-bond acceptors (Lipinski definition) is 2. The van der Waals surface area contributed by atoms with Crippen molar-refractivity contribution in [2.24, 2.45) is 5.41 Å². The molecule has 3 heteroatoms. The number of piperidine rings is 1. The van der Waals surface area contributed by atoms with Gasteiger partial charge in [-0.1, -0.05) is 20.3 Å². The van der Waals surface area contributed by atoms with Crippen LogP contribution in [0.1, 0.15) is 38.8 Å². The Morgan fingerprint density at radius 2 is 2.00 bits per heavy atom. The van der Waals surface area contributed by atoms with Crippen molar-refractivity contribution in [1.29, 1.82) is 0 Å². The van der Waals surface area contributed by atoms with Crippen LogP contribution >= 0.6 is 15.9 Å². The molecule has 0 spiro atoms. The Hall–Kier alpha value is -0.570. The lowest BCUT2D eigenvalue weighted by molar-refractivity contribution is 0.238. The van der Waals surface area contributed by atoms with E-state index in [2.05, 4.69) is 51.8 Å². The van der Waals surface area contributed by atoms with Gasteiger partial charge in [0.2, 0.25) is 0 Å². The molecule has 0 saturated carbocycles. The van der Waals surface area contributed by atoms with Gasteiger partial charge in [-0.25, -0.2) is 4.98 Å². The third kappa shape index (κ3) is 2.82. The fraction of sp³-hybridized carbons (Fsp3) is 0.643. The number of aryl methyl sites for hydroxylation is 1. The molecule has 1 aromatic rings. The van der Waals surface area contributed by atoms with Gasteiger partial charge < -0.3 is 4.90 Å². The Bertz CT molecular complexity index is 395. The first-order chi connectivity index (χ1) is 8.04. The number of aromatic nitrogens is 1. The zero-order valence-electron chi connectivity index (χ0n) is 11.0. The van der Waals surface area contributed by atoms with Crippen LogP contribution in [0, 0.1) is 12.3 Å². The normalized spacial score (nSPS) is 19.4. The molecule has 94 valence electrons. The average molecular weight is 297 g/mol. The van der Waals surface area contributed by atoms with Crippen molar-refractivity contribution in [3.8, 4) is 0 Å². The first kappa shape index (κ1) is 12.9. The molecule has 0 unspecified atom stereocenters. The maximum atomic E-state index is 4.65. The van der Waals surface area contributed by atoms with Crippen molar-refractivity contribution in [2.75, 3.05) is 18.0 Å². The van der Waals surface area contributed by atoms with Gasteiger partial charge >= 0.3 is 0 Å². The lowest BCUT2D eigenvalue weighted by Gasteiger charge is -2.39. The quantitative estimate of drug-likeness (QED) is 0.814. The fourth-order valence-corrected chi connectivity index (χ4v) is 2.56. The number of halogens is 1. The maximum Gasteiger partial charge on any atom is 0.128 e. The summed E-state index contributed by atoms with van der Waals surface area (Å²) in [5.41, 5.74) is 1.62. The highest BCUT2D eigenvalue weighted by Gasteiger charge is 2.28. The van der Waals surface area contributed by atoms with Crippen LogP contribution in [0.5, 0.6) is 0 Å². The third-order valence-electron chi connectivity index (χ3n) is 4.15. The van der Waals surface area contributed by atoms with Crippen LogP contribution < -0.4 is 4.90 Å². The highest BCUT2D eigenvalue weighted by molar-refractivity contribution is 9.10. The van der Waals surface area contributed by atoms with Gasteiger partial charge in [0.25, 0.3) is 0 Å². The van der Waals surface area contributed by atoms with Gasteiger partial charge in [0.1, 0.15) is 5.82 Å². The number of nitrogens with zero attached hydrogens (tertiary/aromatic N) is 2. The van der Waals surface area contributed by atoms with E-state index < -0.39 is 0 Å². The van der Waals surface area contributed by atoms with Gasteiger partial charge in [-0.2, -0.15) is 0 Å². The summed E-state index contributed by atoms with van der Waals surface area (Å²) in [6, 6.07) is 4.22. The molecule has 0 aliphatic carbocycles.